The van der Waals surface area contributed by atoms with Gasteiger partial charge in [-0.15, -0.1) is 0 Å². The average molecular weight is 225 g/mol. The average Bonchev–Trinajstić information content (AvgIpc) is 2.56. The Labute approximate surface area is 97.8 Å². The second kappa shape index (κ2) is 5.46. The van der Waals surface area contributed by atoms with Crippen LogP contribution >= 0.6 is 0 Å². The Hall–Kier alpha value is -0.870. The molecule has 0 radical (unpaired) electrons. The van der Waals surface area contributed by atoms with E-state index in [4.69, 9.17) is 10.5 Å². The van der Waals surface area contributed by atoms with E-state index in [0.717, 1.165) is 25.0 Å². The van der Waals surface area contributed by atoms with Crippen molar-refractivity contribution in [3.8, 4) is 0 Å². The fourth-order valence-corrected chi connectivity index (χ4v) is 1.75. The first-order chi connectivity index (χ1) is 7.48. The van der Waals surface area contributed by atoms with Gasteiger partial charge < -0.3 is 10.5 Å². The van der Waals surface area contributed by atoms with E-state index >= 15 is 0 Å². The summed E-state index contributed by atoms with van der Waals surface area (Å²) >= 11 is 0. The molecule has 1 aromatic rings. The SMILES string of the molecule is CCc1cc(CC(C)(N)CCOC)n(C)n1. The number of aryl methyl sites for hydroxylation is 2. The van der Waals surface area contributed by atoms with E-state index in [1.54, 1.807) is 7.11 Å². The van der Waals surface area contributed by atoms with Crippen LogP contribution in [-0.2, 0) is 24.6 Å². The second-order valence-electron chi connectivity index (χ2n) is 4.68. The number of aromatic nitrogens is 2. The molecule has 0 aliphatic rings. The Morgan fingerprint density at radius 2 is 2.25 bits per heavy atom. The van der Waals surface area contributed by atoms with Crippen LogP contribution in [0.5, 0.6) is 0 Å². The molecule has 1 atom stereocenters. The first-order valence-corrected chi connectivity index (χ1v) is 5.78. The van der Waals surface area contributed by atoms with Gasteiger partial charge in [0, 0.05) is 38.4 Å². The van der Waals surface area contributed by atoms with E-state index in [-0.39, 0.29) is 5.54 Å². The zero-order valence-corrected chi connectivity index (χ0v) is 10.8. The lowest BCUT2D eigenvalue weighted by molar-refractivity contribution is 0.171. The monoisotopic (exact) mass is 225 g/mol. The number of hydrogen-bond donors (Lipinski definition) is 1. The molecule has 0 aromatic carbocycles. The van der Waals surface area contributed by atoms with Crippen molar-refractivity contribution in [3.63, 3.8) is 0 Å². The lowest BCUT2D eigenvalue weighted by Crippen LogP contribution is -2.40. The first-order valence-electron chi connectivity index (χ1n) is 5.78. The summed E-state index contributed by atoms with van der Waals surface area (Å²) in [5.74, 6) is 0. The lowest BCUT2D eigenvalue weighted by atomic mass is 9.93. The molecule has 0 aliphatic carbocycles. The van der Waals surface area contributed by atoms with Crippen LogP contribution in [0.4, 0.5) is 0 Å². The van der Waals surface area contributed by atoms with E-state index in [0.29, 0.717) is 6.61 Å². The van der Waals surface area contributed by atoms with Gasteiger partial charge in [0.05, 0.1) is 5.69 Å². The van der Waals surface area contributed by atoms with Gasteiger partial charge in [0.15, 0.2) is 0 Å². The van der Waals surface area contributed by atoms with Crippen molar-refractivity contribution in [3.05, 3.63) is 17.5 Å². The fourth-order valence-electron chi connectivity index (χ4n) is 1.75. The van der Waals surface area contributed by atoms with Crippen molar-refractivity contribution in [2.24, 2.45) is 12.8 Å². The minimum atomic E-state index is -0.227. The predicted molar refractivity (Wildman–Crippen MR) is 65.4 cm³/mol. The van der Waals surface area contributed by atoms with Crippen LogP contribution in [0.3, 0.4) is 0 Å². The third kappa shape index (κ3) is 3.61. The fraction of sp³-hybridized carbons (Fsp3) is 0.750. The maximum absolute atomic E-state index is 6.23. The minimum Gasteiger partial charge on any atom is -0.385 e. The molecule has 1 rings (SSSR count). The third-order valence-electron chi connectivity index (χ3n) is 2.85. The number of rotatable bonds is 6. The Bertz CT molecular complexity index is 331. The smallest absolute Gasteiger partial charge is 0.0624 e. The zero-order chi connectivity index (χ0) is 12.2. The van der Waals surface area contributed by atoms with Crippen LogP contribution in [-0.4, -0.2) is 29.0 Å². The largest absolute Gasteiger partial charge is 0.385 e. The second-order valence-corrected chi connectivity index (χ2v) is 4.68. The van der Waals surface area contributed by atoms with Gasteiger partial charge in [-0.05, 0) is 25.8 Å². The molecule has 92 valence electrons. The van der Waals surface area contributed by atoms with Crippen molar-refractivity contribution >= 4 is 0 Å². The number of nitrogens with zero attached hydrogens (tertiary/aromatic N) is 2. The summed E-state index contributed by atoms with van der Waals surface area (Å²) in [5, 5.41) is 4.42. The van der Waals surface area contributed by atoms with E-state index in [1.165, 1.54) is 5.69 Å². The Kier molecular flexibility index (Phi) is 4.50. The van der Waals surface area contributed by atoms with Gasteiger partial charge in [0.1, 0.15) is 0 Å². The molecular formula is C12H23N3O. The van der Waals surface area contributed by atoms with Crippen molar-refractivity contribution in [2.75, 3.05) is 13.7 Å². The van der Waals surface area contributed by atoms with Crippen LogP contribution in [0.15, 0.2) is 6.07 Å². The summed E-state index contributed by atoms with van der Waals surface area (Å²) in [7, 11) is 3.68. The Balaban J connectivity index is 2.67. The number of nitrogens with two attached hydrogens (primary N) is 1. The summed E-state index contributed by atoms with van der Waals surface area (Å²) in [5.41, 5.74) is 8.32. The van der Waals surface area contributed by atoms with Crippen LogP contribution < -0.4 is 5.73 Å². The molecule has 0 amide bonds. The summed E-state index contributed by atoms with van der Waals surface area (Å²) in [6, 6.07) is 2.14. The molecular weight excluding hydrogens is 202 g/mol. The van der Waals surface area contributed by atoms with Gasteiger partial charge in [0.25, 0.3) is 0 Å². The van der Waals surface area contributed by atoms with E-state index in [1.807, 2.05) is 11.7 Å². The molecule has 2 N–H and O–H groups in total. The molecule has 0 saturated heterocycles. The summed E-state index contributed by atoms with van der Waals surface area (Å²) in [6.45, 7) is 4.87. The van der Waals surface area contributed by atoms with E-state index in [9.17, 15) is 0 Å². The summed E-state index contributed by atoms with van der Waals surface area (Å²) < 4.78 is 7.00. The molecule has 0 fully saturated rings. The molecule has 0 bridgehead atoms. The number of methoxy groups -OCH3 is 1. The lowest BCUT2D eigenvalue weighted by Gasteiger charge is -2.24. The highest BCUT2D eigenvalue weighted by molar-refractivity contribution is 5.13. The van der Waals surface area contributed by atoms with Gasteiger partial charge in [-0.2, -0.15) is 5.10 Å². The topological polar surface area (TPSA) is 53.1 Å². The van der Waals surface area contributed by atoms with Crippen molar-refractivity contribution in [1.29, 1.82) is 0 Å². The molecule has 1 aromatic heterocycles. The van der Waals surface area contributed by atoms with E-state index in [2.05, 4.69) is 25.0 Å². The van der Waals surface area contributed by atoms with Gasteiger partial charge in [-0.3, -0.25) is 4.68 Å². The van der Waals surface area contributed by atoms with Crippen LogP contribution in [0.2, 0.25) is 0 Å². The van der Waals surface area contributed by atoms with Gasteiger partial charge in [0.2, 0.25) is 0 Å². The predicted octanol–water partition coefficient (Wildman–Crippen LogP) is 1.28. The van der Waals surface area contributed by atoms with Crippen molar-refractivity contribution < 1.29 is 4.74 Å². The third-order valence-corrected chi connectivity index (χ3v) is 2.85. The quantitative estimate of drug-likeness (QED) is 0.793. The van der Waals surface area contributed by atoms with Crippen molar-refractivity contribution in [1.82, 2.24) is 9.78 Å². The van der Waals surface area contributed by atoms with Crippen LogP contribution in [0.1, 0.15) is 31.7 Å². The van der Waals surface area contributed by atoms with Crippen LogP contribution in [0, 0.1) is 0 Å². The number of ether oxygens (including phenoxy) is 1. The highest BCUT2D eigenvalue weighted by atomic mass is 16.5. The highest BCUT2D eigenvalue weighted by Crippen LogP contribution is 2.15. The molecule has 0 aliphatic heterocycles. The molecule has 4 heteroatoms. The van der Waals surface area contributed by atoms with Gasteiger partial charge in [-0.25, -0.2) is 0 Å². The van der Waals surface area contributed by atoms with Gasteiger partial charge >= 0.3 is 0 Å². The minimum absolute atomic E-state index is 0.227. The summed E-state index contributed by atoms with van der Waals surface area (Å²) in [6.07, 6.45) is 2.66. The number of hydrogen-bond acceptors (Lipinski definition) is 3. The molecule has 1 heterocycles. The molecule has 1 unspecified atom stereocenters. The van der Waals surface area contributed by atoms with E-state index < -0.39 is 0 Å². The molecule has 16 heavy (non-hydrogen) atoms. The standard InChI is InChI=1S/C12H23N3O/c1-5-10-8-11(15(3)14-10)9-12(2,13)6-7-16-4/h8H,5-7,9,13H2,1-4H3. The highest BCUT2D eigenvalue weighted by Gasteiger charge is 2.20. The maximum atomic E-state index is 6.23. The maximum Gasteiger partial charge on any atom is 0.0624 e. The first kappa shape index (κ1) is 13.2. The Morgan fingerprint density at radius 1 is 1.56 bits per heavy atom. The molecule has 0 saturated carbocycles. The zero-order valence-electron chi connectivity index (χ0n) is 10.8. The Morgan fingerprint density at radius 3 is 2.75 bits per heavy atom. The summed E-state index contributed by atoms with van der Waals surface area (Å²) in [4.78, 5) is 0. The van der Waals surface area contributed by atoms with Crippen molar-refractivity contribution in [2.45, 2.75) is 38.6 Å². The molecule has 0 spiro atoms. The molecule has 4 nitrogen and oxygen atoms in total. The van der Waals surface area contributed by atoms with Crippen LogP contribution in [0.25, 0.3) is 0 Å². The van der Waals surface area contributed by atoms with Gasteiger partial charge in [-0.1, -0.05) is 6.92 Å². The normalized spacial score (nSPS) is 15.1.